The van der Waals surface area contributed by atoms with Gasteiger partial charge in [-0.2, -0.15) is 12.7 Å². The number of alkyl carbamates (subject to hydrolysis) is 1. The Bertz CT molecular complexity index is 1780. The molecule has 1 aromatic rings. The summed E-state index contributed by atoms with van der Waals surface area (Å²) in [5.41, 5.74) is -0.742. The van der Waals surface area contributed by atoms with Crippen LogP contribution in [0.1, 0.15) is 76.8 Å². The third kappa shape index (κ3) is 9.12. The monoisotopic (exact) mass is 792 g/mol. The van der Waals surface area contributed by atoms with Crippen molar-refractivity contribution in [1.82, 2.24) is 29.5 Å². The molecule has 4 heterocycles. The van der Waals surface area contributed by atoms with Gasteiger partial charge in [0.25, 0.3) is 5.91 Å². The fraction of sp³-hybridized carbons (Fsp3) is 0.639. The molecule has 1 aliphatic carbocycles. The molecule has 3 N–H and O–H groups in total. The first kappa shape index (κ1) is 39.8. The van der Waals surface area contributed by atoms with Gasteiger partial charge in [0.15, 0.2) is 0 Å². The molecule has 2 saturated heterocycles. The number of amides is 5. The second-order valence-electron chi connectivity index (χ2n) is 15.5. The van der Waals surface area contributed by atoms with Gasteiger partial charge in [-0.15, -0.1) is 0 Å². The Hall–Kier alpha value is -3.93. The Labute approximate surface area is 320 Å². The molecule has 1 saturated carbocycles. The SMILES string of the molecule is CC(C)(C)OC(=O)N[C@H]1CCCCCC=C[C@@H]2C[C@@]2(C(=O)NS(=O)(=O)N2CCOCC2)NC(=O)[C@@H]2C[C@@H](OC(=O)N3Cc4cccc(Cl)c4C3)CN2C1=O. The fourth-order valence-electron chi connectivity index (χ4n) is 7.40. The van der Waals surface area contributed by atoms with Crippen molar-refractivity contribution in [3.63, 3.8) is 0 Å². The van der Waals surface area contributed by atoms with Crippen LogP contribution in [0.5, 0.6) is 0 Å². The van der Waals surface area contributed by atoms with E-state index >= 15 is 0 Å². The highest BCUT2D eigenvalue weighted by Gasteiger charge is 2.62. The number of halogens is 1. The first-order valence-corrected chi connectivity index (χ1v) is 20.3. The molecule has 0 radical (unpaired) electrons. The van der Waals surface area contributed by atoms with Crippen LogP contribution < -0.4 is 15.4 Å². The molecular formula is C36H49ClN6O10S. The molecule has 0 spiro atoms. The first-order chi connectivity index (χ1) is 25.6. The minimum absolute atomic E-state index is 0.0691. The largest absolute Gasteiger partial charge is 0.444 e. The van der Waals surface area contributed by atoms with Crippen molar-refractivity contribution in [2.75, 3.05) is 32.8 Å². The zero-order chi connectivity index (χ0) is 38.8. The van der Waals surface area contributed by atoms with E-state index in [1.807, 2.05) is 18.2 Å². The smallest absolute Gasteiger partial charge is 0.410 e. The topological polar surface area (TPSA) is 193 Å². The number of morpholine rings is 1. The van der Waals surface area contributed by atoms with Crippen molar-refractivity contribution < 1.29 is 46.6 Å². The Morgan fingerprint density at radius 1 is 1.07 bits per heavy atom. The number of benzene rings is 1. The first-order valence-electron chi connectivity index (χ1n) is 18.5. The minimum atomic E-state index is -4.25. The predicted molar refractivity (Wildman–Crippen MR) is 195 cm³/mol. The van der Waals surface area contributed by atoms with Crippen LogP contribution in [0.2, 0.25) is 5.02 Å². The van der Waals surface area contributed by atoms with Crippen LogP contribution in [0, 0.1) is 5.92 Å². The number of hydrogen-bond donors (Lipinski definition) is 3. The molecule has 6 rings (SSSR count). The van der Waals surface area contributed by atoms with Crippen molar-refractivity contribution >= 4 is 51.7 Å². The van der Waals surface area contributed by atoms with Crippen LogP contribution in [0.25, 0.3) is 0 Å². The summed E-state index contributed by atoms with van der Waals surface area (Å²) in [7, 11) is -4.25. The molecule has 18 heteroatoms. The van der Waals surface area contributed by atoms with Crippen molar-refractivity contribution in [2.24, 2.45) is 5.92 Å². The predicted octanol–water partition coefficient (Wildman–Crippen LogP) is 2.74. The minimum Gasteiger partial charge on any atom is -0.444 e. The molecule has 4 aliphatic heterocycles. The van der Waals surface area contributed by atoms with E-state index in [2.05, 4.69) is 15.4 Å². The highest BCUT2D eigenvalue weighted by Crippen LogP contribution is 2.46. The van der Waals surface area contributed by atoms with Crippen molar-refractivity contribution in [3.05, 3.63) is 46.5 Å². The summed E-state index contributed by atoms with van der Waals surface area (Å²) in [6.07, 6.45) is 4.37. The van der Waals surface area contributed by atoms with Crippen LogP contribution in [0.4, 0.5) is 9.59 Å². The summed E-state index contributed by atoms with van der Waals surface area (Å²) < 4.78 is 46.3. The fourth-order valence-corrected chi connectivity index (χ4v) is 8.83. The van der Waals surface area contributed by atoms with Gasteiger partial charge >= 0.3 is 22.4 Å². The summed E-state index contributed by atoms with van der Waals surface area (Å²) in [5, 5.41) is 6.03. The molecule has 5 amide bonds. The van der Waals surface area contributed by atoms with Crippen LogP contribution in [0.3, 0.4) is 0 Å². The van der Waals surface area contributed by atoms with E-state index in [-0.39, 0.29) is 65.2 Å². The van der Waals surface area contributed by atoms with E-state index in [0.717, 1.165) is 28.3 Å². The van der Waals surface area contributed by atoms with Crippen LogP contribution >= 0.6 is 11.6 Å². The summed E-state index contributed by atoms with van der Waals surface area (Å²) in [4.78, 5) is 71.7. The molecular weight excluding hydrogens is 744 g/mol. The average molecular weight is 793 g/mol. The molecule has 54 heavy (non-hydrogen) atoms. The third-order valence-electron chi connectivity index (χ3n) is 10.3. The van der Waals surface area contributed by atoms with E-state index in [9.17, 15) is 32.4 Å². The molecule has 16 nitrogen and oxygen atoms in total. The average Bonchev–Trinajstić information content (AvgIpc) is 3.40. The summed E-state index contributed by atoms with van der Waals surface area (Å²) in [6, 6.07) is 3.13. The second kappa shape index (κ2) is 16.0. The summed E-state index contributed by atoms with van der Waals surface area (Å²) >= 11 is 6.36. The van der Waals surface area contributed by atoms with Gasteiger partial charge < -0.3 is 29.7 Å². The van der Waals surface area contributed by atoms with Crippen molar-refractivity contribution in [2.45, 2.75) is 108 Å². The molecule has 296 valence electrons. The summed E-state index contributed by atoms with van der Waals surface area (Å²) in [5.74, 6) is -2.69. The zero-order valence-corrected chi connectivity index (χ0v) is 32.4. The van der Waals surface area contributed by atoms with Gasteiger partial charge in [-0.05, 0) is 63.6 Å². The third-order valence-corrected chi connectivity index (χ3v) is 12.2. The highest BCUT2D eigenvalue weighted by atomic mass is 35.5. The number of allylic oxidation sites excluding steroid dienone is 1. The Kier molecular flexibility index (Phi) is 11.8. The highest BCUT2D eigenvalue weighted by molar-refractivity contribution is 7.87. The number of hydrogen-bond acceptors (Lipinski definition) is 10. The van der Waals surface area contributed by atoms with Crippen LogP contribution in [-0.2, 0) is 51.9 Å². The van der Waals surface area contributed by atoms with Gasteiger partial charge in [-0.25, -0.2) is 14.3 Å². The molecule has 0 aromatic heterocycles. The summed E-state index contributed by atoms with van der Waals surface area (Å²) in [6.45, 7) is 5.95. The van der Waals surface area contributed by atoms with E-state index in [4.69, 9.17) is 25.8 Å². The second-order valence-corrected chi connectivity index (χ2v) is 17.5. The maximum Gasteiger partial charge on any atom is 0.410 e. The number of carbonyl (C=O) groups excluding carboxylic acids is 5. The molecule has 0 unspecified atom stereocenters. The standard InChI is InChI=1S/C36H49ClN6O10S/c1-35(2,3)53-33(47)38-28-13-8-6-4-5-7-11-24-19-36(24,32(46)40-54(49,50)42-14-16-51-17-15-42)39-30(44)29-18-25(21-43(29)31(28)45)52-34(48)41-20-23-10-9-12-27(37)26(23)22-41/h7,9-12,24-25,28-29H,4-6,8,13-22H2,1-3H3,(H,38,47)(H,39,44)(H,40,46)/t24-,25-,28+,29+,36-/m1/s1. The van der Waals surface area contributed by atoms with E-state index in [0.29, 0.717) is 17.9 Å². The maximum atomic E-state index is 14.4. The Morgan fingerprint density at radius 3 is 2.56 bits per heavy atom. The van der Waals surface area contributed by atoms with Crippen LogP contribution in [-0.4, -0.2) is 115 Å². The van der Waals surface area contributed by atoms with Gasteiger partial charge in [0.2, 0.25) is 11.8 Å². The van der Waals surface area contributed by atoms with Crippen LogP contribution in [0.15, 0.2) is 30.4 Å². The van der Waals surface area contributed by atoms with E-state index in [1.165, 1.54) is 9.80 Å². The Morgan fingerprint density at radius 2 is 1.83 bits per heavy atom. The number of nitrogens with zero attached hydrogens (tertiary/aromatic N) is 3. The number of rotatable bonds is 5. The maximum absolute atomic E-state index is 14.4. The van der Waals surface area contributed by atoms with Crippen molar-refractivity contribution in [1.29, 1.82) is 0 Å². The van der Waals surface area contributed by atoms with Gasteiger partial charge in [0.1, 0.15) is 29.3 Å². The van der Waals surface area contributed by atoms with E-state index in [1.54, 1.807) is 32.9 Å². The molecule has 5 atom stereocenters. The Balaban J connectivity index is 1.25. The lowest BCUT2D eigenvalue weighted by atomic mass is 10.0. The number of ether oxygens (including phenoxy) is 3. The lowest BCUT2D eigenvalue weighted by molar-refractivity contribution is -0.141. The zero-order valence-electron chi connectivity index (χ0n) is 30.8. The van der Waals surface area contributed by atoms with Gasteiger partial charge in [0, 0.05) is 37.0 Å². The lowest BCUT2D eigenvalue weighted by Crippen LogP contribution is -2.59. The van der Waals surface area contributed by atoms with Gasteiger partial charge in [0.05, 0.1) is 26.3 Å². The van der Waals surface area contributed by atoms with Gasteiger partial charge in [-0.3, -0.25) is 19.3 Å². The van der Waals surface area contributed by atoms with Crippen molar-refractivity contribution in [3.8, 4) is 0 Å². The molecule has 0 bridgehead atoms. The number of nitrogens with one attached hydrogen (secondary N) is 3. The lowest BCUT2D eigenvalue weighted by Gasteiger charge is -2.31. The molecule has 1 aromatic carbocycles. The number of carbonyl (C=O) groups is 5. The normalized spacial score (nSPS) is 28.1. The molecule has 5 aliphatic rings. The molecule has 3 fully saturated rings. The van der Waals surface area contributed by atoms with Gasteiger partial charge in [-0.1, -0.05) is 48.7 Å². The quantitative estimate of drug-likeness (QED) is 0.374. The number of fused-ring (bicyclic) bond motifs is 3. The van der Waals surface area contributed by atoms with E-state index < -0.39 is 75.4 Å².